The highest BCUT2D eigenvalue weighted by molar-refractivity contribution is 6.31. The lowest BCUT2D eigenvalue weighted by Gasteiger charge is -2.38. The topological polar surface area (TPSA) is 82.9 Å². The van der Waals surface area contributed by atoms with Crippen molar-refractivity contribution in [3.8, 4) is 5.75 Å². The predicted molar refractivity (Wildman–Crippen MR) is 147 cm³/mol. The maximum Gasteiger partial charge on any atom is 0.303 e. The van der Waals surface area contributed by atoms with Crippen LogP contribution in [-0.2, 0) is 11.2 Å². The third-order valence-electron chi connectivity index (χ3n) is 7.69. The number of aryl methyl sites for hydroxylation is 1. The van der Waals surface area contributed by atoms with Crippen LogP contribution in [0.2, 0.25) is 5.02 Å². The Morgan fingerprint density at radius 3 is 2.81 bits per heavy atom. The summed E-state index contributed by atoms with van der Waals surface area (Å²) in [6.45, 7) is 2.74. The molecule has 0 spiro atoms. The molecule has 3 aromatic rings. The fraction of sp³-hybridized carbons (Fsp3) is 0.467. The lowest BCUT2D eigenvalue weighted by molar-refractivity contribution is -0.139. The first-order valence-corrected chi connectivity index (χ1v) is 13.6. The van der Waals surface area contributed by atoms with Crippen LogP contribution in [0.5, 0.6) is 5.75 Å². The van der Waals surface area contributed by atoms with Crippen LogP contribution in [0.25, 0.3) is 10.9 Å². The summed E-state index contributed by atoms with van der Waals surface area (Å²) in [6.07, 6.45) is 6.70. The molecule has 1 aliphatic rings. The summed E-state index contributed by atoms with van der Waals surface area (Å²) in [5, 5.41) is 22.4. The molecular weight excluding hydrogens is 488 g/mol. The van der Waals surface area contributed by atoms with Crippen LogP contribution in [-0.4, -0.2) is 52.8 Å². The van der Waals surface area contributed by atoms with Crippen LogP contribution < -0.4 is 4.74 Å². The number of ether oxygens (including phenoxy) is 1. The number of nitrogens with zero attached hydrogens (tertiary/aromatic N) is 2. The smallest absolute Gasteiger partial charge is 0.303 e. The number of aliphatic hydroxyl groups is 1. The van der Waals surface area contributed by atoms with Crippen molar-refractivity contribution < 1.29 is 19.7 Å². The molecule has 0 bridgehead atoms. The molecule has 0 radical (unpaired) electrons. The number of pyridine rings is 1. The standard InChI is InChI=1S/C30H37ClN2O4/c1-37-24-10-11-28-26(19-24)25(13-15-32-28)29(34)12-9-21-14-17-33(20-23(21)18-30(35)36)16-5-4-7-22-6-2-3-8-27(22)31/h2-3,6,8,10-11,13,15,19,21,23,29,34H,4-5,7,9,12,14,16-18,20H2,1H3,(H,35,36)/t21-,23+,29+/m1/s1. The van der Waals surface area contributed by atoms with Gasteiger partial charge in [0.15, 0.2) is 0 Å². The second-order valence-electron chi connectivity index (χ2n) is 10.1. The quantitative estimate of drug-likeness (QED) is 0.277. The number of methoxy groups -OCH3 is 1. The Bertz CT molecular complexity index is 1190. The molecule has 3 atom stereocenters. The highest BCUT2D eigenvalue weighted by atomic mass is 35.5. The first kappa shape index (κ1) is 27.4. The molecule has 0 amide bonds. The Kier molecular flexibility index (Phi) is 9.78. The third-order valence-corrected chi connectivity index (χ3v) is 8.06. The minimum Gasteiger partial charge on any atom is -0.497 e. The monoisotopic (exact) mass is 524 g/mol. The third kappa shape index (κ3) is 7.44. The van der Waals surface area contributed by atoms with Crippen LogP contribution in [0.3, 0.4) is 0 Å². The molecule has 6 nitrogen and oxygen atoms in total. The summed E-state index contributed by atoms with van der Waals surface area (Å²) in [4.78, 5) is 18.5. The molecule has 0 aliphatic carbocycles. The SMILES string of the molecule is COc1ccc2nccc([C@@H](O)CC[C@@H]3CCN(CCCCc4ccccc4Cl)C[C@@H]3CC(=O)O)c2c1. The number of aliphatic carboxylic acids is 1. The number of aromatic nitrogens is 1. The van der Waals surface area contributed by atoms with Gasteiger partial charge < -0.3 is 19.8 Å². The normalized spacial score (nSPS) is 19.1. The first-order valence-electron chi connectivity index (χ1n) is 13.2. The largest absolute Gasteiger partial charge is 0.497 e. The Morgan fingerprint density at radius 1 is 1.19 bits per heavy atom. The number of likely N-dealkylation sites (tertiary alicyclic amines) is 1. The van der Waals surface area contributed by atoms with E-state index in [1.165, 1.54) is 5.56 Å². The summed E-state index contributed by atoms with van der Waals surface area (Å²) >= 11 is 6.28. The summed E-state index contributed by atoms with van der Waals surface area (Å²) in [7, 11) is 1.63. The zero-order valence-corrected chi connectivity index (χ0v) is 22.2. The van der Waals surface area contributed by atoms with Crippen molar-refractivity contribution in [1.82, 2.24) is 9.88 Å². The number of carboxylic acid groups (broad SMARTS) is 1. The molecule has 0 unspecified atom stereocenters. The molecule has 1 saturated heterocycles. The van der Waals surface area contributed by atoms with E-state index in [4.69, 9.17) is 16.3 Å². The van der Waals surface area contributed by atoms with E-state index in [0.29, 0.717) is 6.42 Å². The minimum absolute atomic E-state index is 0.0938. The number of piperidine rings is 1. The van der Waals surface area contributed by atoms with Gasteiger partial charge in [0.05, 0.1) is 18.7 Å². The van der Waals surface area contributed by atoms with E-state index in [9.17, 15) is 15.0 Å². The van der Waals surface area contributed by atoms with E-state index < -0.39 is 12.1 Å². The fourth-order valence-electron chi connectivity index (χ4n) is 5.64. The molecule has 2 N–H and O–H groups in total. The summed E-state index contributed by atoms with van der Waals surface area (Å²) < 4.78 is 5.36. The second kappa shape index (κ2) is 13.2. The number of halogens is 1. The number of carbonyl (C=O) groups is 1. The molecule has 198 valence electrons. The summed E-state index contributed by atoms with van der Waals surface area (Å²) in [6, 6.07) is 15.5. The average Bonchev–Trinajstić information content (AvgIpc) is 2.90. The molecule has 2 heterocycles. The van der Waals surface area contributed by atoms with Gasteiger partial charge >= 0.3 is 5.97 Å². The van der Waals surface area contributed by atoms with Gasteiger partial charge in [0.1, 0.15) is 5.75 Å². The van der Waals surface area contributed by atoms with Gasteiger partial charge in [0, 0.05) is 29.6 Å². The first-order chi connectivity index (χ1) is 17.9. The van der Waals surface area contributed by atoms with Crippen molar-refractivity contribution in [2.75, 3.05) is 26.7 Å². The van der Waals surface area contributed by atoms with Crippen molar-refractivity contribution in [3.05, 3.63) is 70.9 Å². The van der Waals surface area contributed by atoms with Crippen LogP contribution in [0.1, 0.15) is 55.8 Å². The molecule has 1 aromatic heterocycles. The maximum absolute atomic E-state index is 11.6. The van der Waals surface area contributed by atoms with Gasteiger partial charge in [0.25, 0.3) is 0 Å². The highest BCUT2D eigenvalue weighted by Crippen LogP contribution is 2.35. The minimum atomic E-state index is -0.747. The second-order valence-corrected chi connectivity index (χ2v) is 10.5. The van der Waals surface area contributed by atoms with Gasteiger partial charge in [-0.1, -0.05) is 29.8 Å². The van der Waals surface area contributed by atoms with E-state index in [0.717, 1.165) is 79.0 Å². The van der Waals surface area contributed by atoms with Crippen molar-refractivity contribution in [3.63, 3.8) is 0 Å². The number of hydrogen-bond donors (Lipinski definition) is 2. The van der Waals surface area contributed by atoms with Gasteiger partial charge in [-0.2, -0.15) is 0 Å². The number of hydrogen-bond acceptors (Lipinski definition) is 5. The lowest BCUT2D eigenvalue weighted by Crippen LogP contribution is -2.41. The van der Waals surface area contributed by atoms with E-state index in [1.807, 2.05) is 42.5 Å². The molecule has 4 rings (SSSR count). The lowest BCUT2D eigenvalue weighted by atomic mass is 9.79. The van der Waals surface area contributed by atoms with Crippen LogP contribution in [0.4, 0.5) is 0 Å². The summed E-state index contributed by atoms with van der Waals surface area (Å²) in [5.74, 6) is 0.363. The summed E-state index contributed by atoms with van der Waals surface area (Å²) in [5.41, 5.74) is 2.85. The molecule has 37 heavy (non-hydrogen) atoms. The van der Waals surface area contributed by atoms with Gasteiger partial charge in [0.2, 0.25) is 0 Å². The molecule has 0 saturated carbocycles. The number of fused-ring (bicyclic) bond motifs is 1. The predicted octanol–water partition coefficient (Wildman–Crippen LogP) is 6.15. The van der Waals surface area contributed by atoms with Crippen molar-refractivity contribution in [1.29, 1.82) is 0 Å². The number of rotatable bonds is 12. The van der Waals surface area contributed by atoms with Crippen molar-refractivity contribution in [2.24, 2.45) is 11.8 Å². The average molecular weight is 525 g/mol. The Balaban J connectivity index is 1.31. The van der Waals surface area contributed by atoms with Gasteiger partial charge in [-0.05, 0) is 105 Å². The number of benzene rings is 2. The van der Waals surface area contributed by atoms with E-state index in [1.54, 1.807) is 13.3 Å². The van der Waals surface area contributed by atoms with Crippen molar-refractivity contribution in [2.45, 2.75) is 51.0 Å². The van der Waals surface area contributed by atoms with E-state index >= 15 is 0 Å². The number of aliphatic hydroxyl groups excluding tert-OH is 1. The Hall–Kier alpha value is -2.67. The van der Waals surface area contributed by atoms with Gasteiger partial charge in [-0.15, -0.1) is 0 Å². The Morgan fingerprint density at radius 2 is 2.03 bits per heavy atom. The fourth-order valence-corrected chi connectivity index (χ4v) is 5.87. The van der Waals surface area contributed by atoms with E-state index in [-0.39, 0.29) is 18.3 Å². The molecule has 7 heteroatoms. The zero-order chi connectivity index (χ0) is 26.2. The molecule has 2 aromatic carbocycles. The van der Waals surface area contributed by atoms with Crippen LogP contribution >= 0.6 is 11.6 Å². The molecule has 1 aliphatic heterocycles. The van der Waals surface area contributed by atoms with Gasteiger partial charge in [-0.3, -0.25) is 9.78 Å². The van der Waals surface area contributed by atoms with Crippen LogP contribution in [0, 0.1) is 11.8 Å². The maximum atomic E-state index is 11.6. The molecular formula is C30H37ClN2O4. The van der Waals surface area contributed by atoms with Crippen molar-refractivity contribution >= 4 is 28.5 Å². The van der Waals surface area contributed by atoms with Crippen LogP contribution in [0.15, 0.2) is 54.7 Å². The highest BCUT2D eigenvalue weighted by Gasteiger charge is 2.31. The van der Waals surface area contributed by atoms with Gasteiger partial charge in [-0.25, -0.2) is 0 Å². The molecule has 1 fully saturated rings. The number of carboxylic acids is 1. The Labute approximate surface area is 224 Å². The number of unbranched alkanes of at least 4 members (excludes halogenated alkanes) is 1. The zero-order valence-electron chi connectivity index (χ0n) is 21.5. The van der Waals surface area contributed by atoms with E-state index in [2.05, 4.69) is 16.0 Å².